The Kier molecular flexibility index (Phi) is 8.53. The minimum Gasteiger partial charge on any atom is -0.462 e. The summed E-state index contributed by atoms with van der Waals surface area (Å²) in [6, 6.07) is 0. The molecule has 0 atom stereocenters. The molecule has 2 aliphatic rings. The lowest BCUT2D eigenvalue weighted by molar-refractivity contribution is -0.140. The summed E-state index contributed by atoms with van der Waals surface area (Å²) in [5.74, 6) is -1.14. The van der Waals surface area contributed by atoms with Gasteiger partial charge in [0, 0.05) is 50.0 Å². The minimum absolute atomic E-state index is 0.0666. The molecule has 2 aliphatic heterocycles. The Bertz CT molecular complexity index is 623. The number of rotatable bonds is 9. The molecule has 9 heteroatoms. The zero-order chi connectivity index (χ0) is 19.5. The van der Waals surface area contributed by atoms with Gasteiger partial charge in [-0.05, 0) is 6.42 Å². The molecule has 27 heavy (non-hydrogen) atoms. The molecule has 0 aromatic rings. The third-order valence-electron chi connectivity index (χ3n) is 3.83. The SMILES string of the molecule is C=C1NC(=O)C=C(CCOC(=O)/C=C/C(=O)OCCCN2CCOCC2)N1. The fourth-order valence-electron chi connectivity index (χ4n) is 2.52. The molecular weight excluding hydrogens is 354 g/mol. The average Bonchev–Trinajstić information content (AvgIpc) is 2.64. The molecule has 2 rings (SSSR count). The van der Waals surface area contributed by atoms with E-state index in [4.69, 9.17) is 14.2 Å². The molecule has 0 aromatic heterocycles. The van der Waals surface area contributed by atoms with Gasteiger partial charge in [0.2, 0.25) is 0 Å². The molecule has 1 fully saturated rings. The van der Waals surface area contributed by atoms with Crippen LogP contribution in [-0.2, 0) is 28.6 Å². The molecule has 1 amide bonds. The lowest BCUT2D eigenvalue weighted by atomic mass is 10.2. The Balaban J connectivity index is 1.55. The van der Waals surface area contributed by atoms with Crippen molar-refractivity contribution in [2.75, 3.05) is 46.1 Å². The van der Waals surface area contributed by atoms with Gasteiger partial charge in [0.25, 0.3) is 5.91 Å². The van der Waals surface area contributed by atoms with E-state index in [0.29, 0.717) is 24.5 Å². The molecule has 1 saturated heterocycles. The number of carbonyl (C=O) groups is 3. The first-order valence-electron chi connectivity index (χ1n) is 8.82. The monoisotopic (exact) mass is 379 g/mol. The number of carbonyl (C=O) groups excluding carboxylic acids is 3. The van der Waals surface area contributed by atoms with E-state index in [1.54, 1.807) is 0 Å². The first-order chi connectivity index (χ1) is 13.0. The summed E-state index contributed by atoms with van der Waals surface area (Å²) in [4.78, 5) is 36.7. The lowest BCUT2D eigenvalue weighted by Gasteiger charge is -2.26. The number of hydrogen-bond donors (Lipinski definition) is 2. The smallest absolute Gasteiger partial charge is 0.331 e. The molecule has 0 unspecified atom stereocenters. The van der Waals surface area contributed by atoms with Crippen LogP contribution in [0.4, 0.5) is 0 Å². The number of hydrogen-bond acceptors (Lipinski definition) is 8. The van der Waals surface area contributed by atoms with Crippen molar-refractivity contribution in [3.63, 3.8) is 0 Å². The van der Waals surface area contributed by atoms with Crippen LogP contribution >= 0.6 is 0 Å². The van der Waals surface area contributed by atoms with Crippen molar-refractivity contribution in [1.29, 1.82) is 0 Å². The van der Waals surface area contributed by atoms with Crippen molar-refractivity contribution in [2.24, 2.45) is 0 Å². The fourth-order valence-corrected chi connectivity index (χ4v) is 2.52. The molecule has 0 spiro atoms. The summed E-state index contributed by atoms with van der Waals surface area (Å²) in [6.45, 7) is 8.06. The maximum absolute atomic E-state index is 11.6. The zero-order valence-corrected chi connectivity index (χ0v) is 15.2. The summed E-state index contributed by atoms with van der Waals surface area (Å²) in [5, 5.41) is 5.35. The molecule has 2 N–H and O–H groups in total. The lowest BCUT2D eigenvalue weighted by Crippen LogP contribution is -2.37. The molecule has 0 aliphatic carbocycles. The summed E-state index contributed by atoms with van der Waals surface area (Å²) in [6.07, 6.45) is 4.50. The third-order valence-corrected chi connectivity index (χ3v) is 3.83. The molecule has 0 radical (unpaired) electrons. The quantitative estimate of drug-likeness (QED) is 0.323. The second-order valence-corrected chi connectivity index (χ2v) is 5.99. The second kappa shape index (κ2) is 11.1. The van der Waals surface area contributed by atoms with E-state index in [9.17, 15) is 14.4 Å². The van der Waals surface area contributed by atoms with E-state index in [1.165, 1.54) is 6.08 Å². The molecular formula is C18H25N3O6. The Labute approximate surface area is 158 Å². The topological polar surface area (TPSA) is 106 Å². The Morgan fingerprint density at radius 3 is 2.48 bits per heavy atom. The van der Waals surface area contributed by atoms with Gasteiger partial charge < -0.3 is 24.8 Å². The highest BCUT2D eigenvalue weighted by Gasteiger charge is 2.12. The predicted octanol–water partition coefficient (Wildman–Crippen LogP) is -0.184. The van der Waals surface area contributed by atoms with E-state index in [2.05, 4.69) is 22.1 Å². The largest absolute Gasteiger partial charge is 0.462 e. The van der Waals surface area contributed by atoms with Gasteiger partial charge in [-0.2, -0.15) is 0 Å². The Morgan fingerprint density at radius 2 is 1.81 bits per heavy atom. The predicted molar refractivity (Wildman–Crippen MR) is 96.1 cm³/mol. The number of morpholine rings is 1. The maximum Gasteiger partial charge on any atom is 0.331 e. The molecule has 9 nitrogen and oxygen atoms in total. The van der Waals surface area contributed by atoms with Crippen LogP contribution < -0.4 is 10.6 Å². The summed E-state index contributed by atoms with van der Waals surface area (Å²) >= 11 is 0. The highest BCUT2D eigenvalue weighted by Crippen LogP contribution is 2.04. The van der Waals surface area contributed by atoms with E-state index in [1.807, 2.05) is 0 Å². The average molecular weight is 379 g/mol. The van der Waals surface area contributed by atoms with E-state index in [0.717, 1.165) is 51.4 Å². The van der Waals surface area contributed by atoms with Crippen molar-refractivity contribution in [1.82, 2.24) is 15.5 Å². The maximum atomic E-state index is 11.6. The highest BCUT2D eigenvalue weighted by atomic mass is 16.5. The molecule has 2 heterocycles. The van der Waals surface area contributed by atoms with Crippen LogP contribution in [0.25, 0.3) is 0 Å². The van der Waals surface area contributed by atoms with Crippen molar-refractivity contribution in [2.45, 2.75) is 12.8 Å². The number of ether oxygens (including phenoxy) is 3. The van der Waals surface area contributed by atoms with Gasteiger partial charge in [-0.25, -0.2) is 9.59 Å². The first-order valence-corrected chi connectivity index (χ1v) is 8.82. The van der Waals surface area contributed by atoms with Crippen molar-refractivity contribution in [3.05, 3.63) is 36.3 Å². The van der Waals surface area contributed by atoms with Crippen molar-refractivity contribution in [3.8, 4) is 0 Å². The molecule has 148 valence electrons. The van der Waals surface area contributed by atoms with E-state index < -0.39 is 11.9 Å². The number of nitrogens with one attached hydrogen (secondary N) is 2. The number of nitrogens with zero attached hydrogens (tertiary/aromatic N) is 1. The van der Waals surface area contributed by atoms with E-state index in [-0.39, 0.29) is 12.5 Å². The summed E-state index contributed by atoms with van der Waals surface area (Å²) < 4.78 is 15.3. The van der Waals surface area contributed by atoms with Gasteiger partial charge in [0.15, 0.2) is 0 Å². The van der Waals surface area contributed by atoms with E-state index >= 15 is 0 Å². The standard InChI is InChI=1S/C18H25N3O6/c1-14-19-15(13-16(22)20-14)5-10-27-18(24)4-3-17(23)26-9-2-6-21-7-11-25-12-8-21/h3-4,13,19H,1-2,5-12H2,(H,20,22)/b4-3+. The second-order valence-electron chi connectivity index (χ2n) is 5.99. The van der Waals surface area contributed by atoms with Crippen LogP contribution in [0, 0.1) is 0 Å². The minimum atomic E-state index is -0.653. The van der Waals surface area contributed by atoms with Crippen LogP contribution in [0.3, 0.4) is 0 Å². The van der Waals surface area contributed by atoms with Gasteiger partial charge in [-0.15, -0.1) is 0 Å². The van der Waals surface area contributed by atoms with Gasteiger partial charge >= 0.3 is 11.9 Å². The molecule has 0 saturated carbocycles. The van der Waals surface area contributed by atoms with Crippen LogP contribution in [0.15, 0.2) is 36.3 Å². The third kappa shape index (κ3) is 8.52. The van der Waals surface area contributed by atoms with Crippen LogP contribution in [0.1, 0.15) is 12.8 Å². The van der Waals surface area contributed by atoms with Crippen LogP contribution in [0.5, 0.6) is 0 Å². The fraction of sp³-hybridized carbons (Fsp3) is 0.500. The number of amides is 1. The Morgan fingerprint density at radius 1 is 1.15 bits per heavy atom. The van der Waals surface area contributed by atoms with Gasteiger partial charge in [0.05, 0.1) is 26.4 Å². The number of esters is 2. The van der Waals surface area contributed by atoms with Gasteiger partial charge in [0.1, 0.15) is 5.82 Å². The Hall–Kier alpha value is -2.65. The normalized spacial score (nSPS) is 17.9. The summed E-state index contributed by atoms with van der Waals surface area (Å²) in [5.41, 5.74) is 0.597. The van der Waals surface area contributed by atoms with Gasteiger partial charge in [-0.1, -0.05) is 6.58 Å². The van der Waals surface area contributed by atoms with Crippen LogP contribution in [-0.4, -0.2) is 68.8 Å². The molecule has 0 aromatic carbocycles. The zero-order valence-electron chi connectivity index (χ0n) is 15.2. The van der Waals surface area contributed by atoms with Crippen LogP contribution in [0.2, 0.25) is 0 Å². The first kappa shape index (κ1) is 20.7. The summed E-state index contributed by atoms with van der Waals surface area (Å²) in [7, 11) is 0. The van der Waals surface area contributed by atoms with Crippen molar-refractivity contribution >= 4 is 17.8 Å². The van der Waals surface area contributed by atoms with Crippen molar-refractivity contribution < 1.29 is 28.6 Å². The molecule has 0 bridgehead atoms. The van der Waals surface area contributed by atoms with Gasteiger partial charge in [-0.3, -0.25) is 9.69 Å². The highest BCUT2D eigenvalue weighted by molar-refractivity contribution is 5.92.